The van der Waals surface area contributed by atoms with Gasteiger partial charge in [0.25, 0.3) is 0 Å². The number of sulfonamides is 1. The maximum absolute atomic E-state index is 12.7. The van der Waals surface area contributed by atoms with E-state index in [2.05, 4.69) is 0 Å². The van der Waals surface area contributed by atoms with Crippen LogP contribution in [-0.4, -0.2) is 31.6 Å². The number of aryl methyl sites for hydroxylation is 1. The van der Waals surface area contributed by atoms with Crippen molar-refractivity contribution in [1.82, 2.24) is 4.31 Å². The zero-order valence-corrected chi connectivity index (χ0v) is 14.2. The molecule has 0 aliphatic carbocycles. The summed E-state index contributed by atoms with van der Waals surface area (Å²) in [6.07, 6.45) is 2.99. The van der Waals surface area contributed by atoms with Gasteiger partial charge in [-0.1, -0.05) is 36.3 Å². The molecule has 1 atom stereocenters. The third-order valence-corrected chi connectivity index (χ3v) is 6.15. The van der Waals surface area contributed by atoms with Crippen molar-refractivity contribution in [2.45, 2.75) is 38.5 Å². The second-order valence-corrected chi connectivity index (χ2v) is 7.60. The molecule has 1 heterocycles. The lowest BCUT2D eigenvalue weighted by atomic mass is 9.88. The van der Waals surface area contributed by atoms with Gasteiger partial charge in [-0.25, -0.2) is 8.42 Å². The summed E-state index contributed by atoms with van der Waals surface area (Å²) < 4.78 is 26.9. The molecule has 1 unspecified atom stereocenters. The standard InChI is InChI=1S/C17H23NO3S/c1-4-14(5-2)16-12-18(11-10-17(16)19)22(20,21)15-8-6-13(3)7-9-15/h4,6-9,16H,5,10-12H2,1-3H3/b14-4+. The number of hydrogen-bond acceptors (Lipinski definition) is 3. The number of carbonyl (C=O) groups is 1. The summed E-state index contributed by atoms with van der Waals surface area (Å²) in [5.74, 6) is -0.158. The fraction of sp³-hybridized carbons (Fsp3) is 0.471. The van der Waals surface area contributed by atoms with Gasteiger partial charge in [0.15, 0.2) is 0 Å². The predicted octanol–water partition coefficient (Wildman–Crippen LogP) is 2.93. The van der Waals surface area contributed by atoms with Gasteiger partial charge in [0, 0.05) is 19.5 Å². The van der Waals surface area contributed by atoms with Crippen LogP contribution in [0.2, 0.25) is 0 Å². The van der Waals surface area contributed by atoms with Gasteiger partial charge >= 0.3 is 0 Å². The molecule has 2 rings (SSSR count). The Hall–Kier alpha value is -1.46. The molecule has 1 aliphatic heterocycles. The Kier molecular flexibility index (Phi) is 5.19. The van der Waals surface area contributed by atoms with Gasteiger partial charge in [0.1, 0.15) is 5.78 Å². The maximum Gasteiger partial charge on any atom is 0.243 e. The van der Waals surface area contributed by atoms with E-state index in [1.165, 1.54) is 4.31 Å². The molecule has 1 aromatic rings. The Morgan fingerprint density at radius 2 is 1.95 bits per heavy atom. The number of ketones is 1. The van der Waals surface area contributed by atoms with E-state index in [0.717, 1.165) is 17.6 Å². The van der Waals surface area contributed by atoms with Gasteiger partial charge in [0.05, 0.1) is 10.8 Å². The van der Waals surface area contributed by atoms with Crippen LogP contribution in [0.4, 0.5) is 0 Å². The Labute approximate surface area is 132 Å². The lowest BCUT2D eigenvalue weighted by Crippen LogP contribution is -2.44. The second-order valence-electron chi connectivity index (χ2n) is 5.66. The fourth-order valence-corrected chi connectivity index (χ4v) is 4.31. The van der Waals surface area contributed by atoms with Crippen LogP contribution >= 0.6 is 0 Å². The summed E-state index contributed by atoms with van der Waals surface area (Å²) in [5.41, 5.74) is 2.04. The van der Waals surface area contributed by atoms with Gasteiger partial charge in [-0.2, -0.15) is 4.31 Å². The Balaban J connectivity index is 2.28. The van der Waals surface area contributed by atoms with Gasteiger partial charge in [0.2, 0.25) is 10.0 Å². The van der Waals surface area contributed by atoms with Crippen molar-refractivity contribution in [3.63, 3.8) is 0 Å². The maximum atomic E-state index is 12.7. The largest absolute Gasteiger partial charge is 0.299 e. The van der Waals surface area contributed by atoms with Gasteiger partial charge in [-0.15, -0.1) is 0 Å². The van der Waals surface area contributed by atoms with E-state index in [9.17, 15) is 13.2 Å². The van der Waals surface area contributed by atoms with Crippen molar-refractivity contribution < 1.29 is 13.2 Å². The van der Waals surface area contributed by atoms with E-state index in [0.29, 0.717) is 4.90 Å². The number of Topliss-reactive ketones (excluding diaryl/α,β-unsaturated/α-hetero) is 1. The molecular weight excluding hydrogens is 298 g/mol. The molecular formula is C17H23NO3S. The molecule has 0 amide bonds. The highest BCUT2D eigenvalue weighted by Gasteiger charge is 2.35. The minimum atomic E-state index is -3.53. The number of piperidine rings is 1. The van der Waals surface area contributed by atoms with E-state index in [4.69, 9.17) is 0 Å². The van der Waals surface area contributed by atoms with Crippen LogP contribution in [0.1, 0.15) is 32.3 Å². The highest BCUT2D eigenvalue weighted by atomic mass is 32.2. The quantitative estimate of drug-likeness (QED) is 0.801. The molecule has 22 heavy (non-hydrogen) atoms. The summed E-state index contributed by atoms with van der Waals surface area (Å²) in [7, 11) is -3.53. The molecule has 0 bridgehead atoms. The van der Waals surface area contributed by atoms with Crippen molar-refractivity contribution in [2.75, 3.05) is 13.1 Å². The summed E-state index contributed by atoms with van der Waals surface area (Å²) in [4.78, 5) is 12.4. The first kappa shape index (κ1) is 16.9. The lowest BCUT2D eigenvalue weighted by Gasteiger charge is -2.32. The first-order valence-corrected chi connectivity index (χ1v) is 9.08. The van der Waals surface area contributed by atoms with Crippen LogP contribution in [-0.2, 0) is 14.8 Å². The third kappa shape index (κ3) is 3.31. The van der Waals surface area contributed by atoms with Crippen LogP contribution in [0.3, 0.4) is 0 Å². The van der Waals surface area contributed by atoms with E-state index in [1.807, 2.05) is 26.8 Å². The number of rotatable bonds is 4. The van der Waals surface area contributed by atoms with E-state index in [1.54, 1.807) is 24.3 Å². The molecule has 1 aliphatic rings. The first-order valence-electron chi connectivity index (χ1n) is 7.64. The van der Waals surface area contributed by atoms with E-state index in [-0.39, 0.29) is 31.2 Å². The van der Waals surface area contributed by atoms with Gasteiger partial charge < -0.3 is 0 Å². The summed E-state index contributed by atoms with van der Waals surface area (Å²) in [6, 6.07) is 6.85. The first-order chi connectivity index (χ1) is 10.4. The molecule has 5 heteroatoms. The Bertz CT molecular complexity index is 674. The molecule has 1 saturated heterocycles. The summed E-state index contributed by atoms with van der Waals surface area (Å²) in [5, 5.41) is 0. The Morgan fingerprint density at radius 1 is 1.32 bits per heavy atom. The average Bonchev–Trinajstić information content (AvgIpc) is 2.50. The number of hydrogen-bond donors (Lipinski definition) is 0. The second kappa shape index (κ2) is 6.75. The normalized spacial score (nSPS) is 21.1. The fourth-order valence-electron chi connectivity index (χ4n) is 2.86. The molecule has 0 radical (unpaired) electrons. The Morgan fingerprint density at radius 3 is 2.50 bits per heavy atom. The summed E-state index contributed by atoms with van der Waals surface area (Å²) in [6.45, 7) is 6.34. The van der Waals surface area contributed by atoms with Gasteiger partial charge in [-0.3, -0.25) is 4.79 Å². The van der Waals surface area contributed by atoms with E-state index >= 15 is 0 Å². The highest BCUT2D eigenvalue weighted by molar-refractivity contribution is 7.89. The molecule has 0 N–H and O–H groups in total. The van der Waals surface area contributed by atoms with Crippen molar-refractivity contribution in [3.8, 4) is 0 Å². The number of nitrogens with zero attached hydrogens (tertiary/aromatic N) is 1. The van der Waals surface area contributed by atoms with Crippen LogP contribution < -0.4 is 0 Å². The van der Waals surface area contributed by atoms with Crippen LogP contribution in [0, 0.1) is 12.8 Å². The highest BCUT2D eigenvalue weighted by Crippen LogP contribution is 2.27. The third-order valence-electron chi connectivity index (χ3n) is 4.27. The van der Waals surface area contributed by atoms with Gasteiger partial charge in [-0.05, 0) is 32.4 Å². The van der Waals surface area contributed by atoms with Crippen LogP contribution in [0.15, 0.2) is 40.8 Å². The zero-order chi connectivity index (χ0) is 16.3. The van der Waals surface area contributed by atoms with Crippen molar-refractivity contribution >= 4 is 15.8 Å². The number of carbonyl (C=O) groups excluding carboxylic acids is 1. The van der Waals surface area contributed by atoms with Crippen molar-refractivity contribution in [2.24, 2.45) is 5.92 Å². The molecule has 4 nitrogen and oxygen atoms in total. The number of allylic oxidation sites excluding steroid dienone is 1. The average molecular weight is 321 g/mol. The monoisotopic (exact) mass is 321 g/mol. The van der Waals surface area contributed by atoms with E-state index < -0.39 is 10.0 Å². The topological polar surface area (TPSA) is 54.5 Å². The zero-order valence-electron chi connectivity index (χ0n) is 13.4. The molecule has 1 aromatic carbocycles. The van der Waals surface area contributed by atoms with Crippen LogP contribution in [0.25, 0.3) is 0 Å². The molecule has 1 fully saturated rings. The minimum absolute atomic E-state index is 0.144. The molecule has 0 aromatic heterocycles. The lowest BCUT2D eigenvalue weighted by molar-refractivity contribution is -0.123. The van der Waals surface area contributed by atoms with Crippen molar-refractivity contribution in [1.29, 1.82) is 0 Å². The smallest absolute Gasteiger partial charge is 0.243 e. The van der Waals surface area contributed by atoms with Crippen molar-refractivity contribution in [3.05, 3.63) is 41.5 Å². The van der Waals surface area contributed by atoms with Crippen LogP contribution in [0.5, 0.6) is 0 Å². The SMILES string of the molecule is C/C=C(\CC)C1CN(S(=O)(=O)c2ccc(C)cc2)CCC1=O. The molecule has 0 spiro atoms. The summed E-state index contributed by atoms with van der Waals surface area (Å²) >= 11 is 0. The number of benzene rings is 1. The molecule has 120 valence electrons. The molecule has 0 saturated carbocycles. The minimum Gasteiger partial charge on any atom is -0.299 e. The predicted molar refractivity (Wildman–Crippen MR) is 87.1 cm³/mol.